The summed E-state index contributed by atoms with van der Waals surface area (Å²) in [7, 11) is 0. The van der Waals surface area contributed by atoms with E-state index in [4.69, 9.17) is 16.3 Å². The van der Waals surface area contributed by atoms with Crippen molar-refractivity contribution in [2.45, 2.75) is 26.8 Å². The van der Waals surface area contributed by atoms with Crippen LogP contribution in [0.15, 0.2) is 36.4 Å². The van der Waals surface area contributed by atoms with Gasteiger partial charge in [-0.3, -0.25) is 0 Å². The number of anilines is 1. The molecule has 4 nitrogen and oxygen atoms in total. The summed E-state index contributed by atoms with van der Waals surface area (Å²) in [5, 5.41) is 12.0. The monoisotopic (exact) mass is 381 g/mol. The second kappa shape index (κ2) is 9.14. The maximum Gasteiger partial charge on any atom is 1.00 e. The van der Waals surface area contributed by atoms with E-state index in [1.54, 1.807) is 12.1 Å². The van der Waals surface area contributed by atoms with E-state index in [-0.39, 0.29) is 35.1 Å². The van der Waals surface area contributed by atoms with Crippen LogP contribution in [-0.4, -0.2) is 19.1 Å². The summed E-state index contributed by atoms with van der Waals surface area (Å²) in [6.07, 6.45) is 0.697. The molecule has 26 heavy (non-hydrogen) atoms. The molecule has 0 bridgehead atoms. The molecule has 0 aromatic heterocycles. The zero-order chi connectivity index (χ0) is 18.0. The second-order valence-electron chi connectivity index (χ2n) is 6.72. The number of carboxylic acid groups (broad SMARTS) is 1. The number of carboxylic acids is 1. The zero-order valence-corrected chi connectivity index (χ0v) is 18.2. The number of hydrogen-bond acceptors (Lipinski definition) is 4. The van der Waals surface area contributed by atoms with Gasteiger partial charge in [-0.05, 0) is 42.2 Å². The summed E-state index contributed by atoms with van der Waals surface area (Å²) >= 11 is 6.17. The molecule has 0 radical (unpaired) electrons. The molecule has 0 fully saturated rings. The van der Waals surface area contributed by atoms with Gasteiger partial charge in [-0.1, -0.05) is 37.6 Å². The van der Waals surface area contributed by atoms with E-state index < -0.39 is 5.97 Å². The third-order valence-corrected chi connectivity index (χ3v) is 4.53. The molecule has 132 valence electrons. The minimum absolute atomic E-state index is 0. The fraction of sp³-hybridized carbons (Fsp3) is 0.350. The number of nitrogens with zero attached hydrogens (tertiary/aromatic N) is 1. The van der Waals surface area contributed by atoms with E-state index in [0.29, 0.717) is 30.5 Å². The van der Waals surface area contributed by atoms with E-state index in [1.165, 1.54) is 0 Å². The number of hydrogen-bond donors (Lipinski definition) is 0. The zero-order valence-electron chi connectivity index (χ0n) is 15.4. The van der Waals surface area contributed by atoms with E-state index in [1.807, 2.05) is 24.3 Å². The topological polar surface area (TPSA) is 52.6 Å². The Kier molecular flexibility index (Phi) is 7.42. The number of aromatic carboxylic acids is 1. The smallest absolute Gasteiger partial charge is 0.545 e. The number of ether oxygens (including phenoxy) is 1. The molecule has 1 aliphatic heterocycles. The van der Waals surface area contributed by atoms with Gasteiger partial charge in [-0.25, -0.2) is 0 Å². The Balaban J connectivity index is 0.00000243. The normalized spacial score (nSPS) is 12.7. The summed E-state index contributed by atoms with van der Waals surface area (Å²) in [5.41, 5.74) is 3.06. The third-order valence-electron chi connectivity index (χ3n) is 4.30. The van der Waals surface area contributed by atoms with Crippen LogP contribution in [0.3, 0.4) is 0 Å². The van der Waals surface area contributed by atoms with Gasteiger partial charge in [0, 0.05) is 34.9 Å². The van der Waals surface area contributed by atoms with Crippen LogP contribution in [0.1, 0.15) is 35.3 Å². The first-order valence-electron chi connectivity index (χ1n) is 8.45. The van der Waals surface area contributed by atoms with Gasteiger partial charge in [0.05, 0.1) is 12.6 Å². The predicted molar refractivity (Wildman–Crippen MR) is 97.3 cm³/mol. The van der Waals surface area contributed by atoms with Crippen molar-refractivity contribution in [3.63, 3.8) is 0 Å². The van der Waals surface area contributed by atoms with Crippen molar-refractivity contribution >= 4 is 23.3 Å². The third kappa shape index (κ3) is 4.74. The largest absolute Gasteiger partial charge is 1.00 e. The molecular weight excluding hydrogens is 361 g/mol. The number of benzene rings is 2. The molecule has 0 saturated carbocycles. The van der Waals surface area contributed by atoms with Crippen molar-refractivity contribution in [1.29, 1.82) is 0 Å². The molecule has 0 amide bonds. The first-order valence-corrected chi connectivity index (χ1v) is 8.83. The Morgan fingerprint density at radius 2 is 2.08 bits per heavy atom. The van der Waals surface area contributed by atoms with Crippen LogP contribution < -0.4 is 44.3 Å². The molecule has 0 atom stereocenters. The molecule has 2 aromatic carbocycles. The molecule has 0 aliphatic carbocycles. The average Bonchev–Trinajstić information content (AvgIpc) is 2.97. The fourth-order valence-corrected chi connectivity index (χ4v) is 3.33. The SMILES string of the molecule is CC(C)COc1ccc(Cl)cc1CN1CCc2c(C(=O)[O-])cccc21.[Na+]. The van der Waals surface area contributed by atoms with Gasteiger partial charge < -0.3 is 19.5 Å². The molecule has 1 aliphatic rings. The molecule has 3 rings (SSSR count). The maximum atomic E-state index is 11.3. The minimum atomic E-state index is -1.12. The summed E-state index contributed by atoms with van der Waals surface area (Å²) in [6, 6.07) is 11.0. The predicted octanol–water partition coefficient (Wildman–Crippen LogP) is 0.305. The summed E-state index contributed by atoms with van der Waals surface area (Å²) in [6.45, 7) is 6.23. The summed E-state index contributed by atoms with van der Waals surface area (Å²) in [4.78, 5) is 13.5. The molecule has 6 heteroatoms. The Morgan fingerprint density at radius 3 is 2.77 bits per heavy atom. The van der Waals surface area contributed by atoms with Crippen molar-refractivity contribution in [3.8, 4) is 5.75 Å². The Hall–Kier alpha value is -1.20. The second-order valence-corrected chi connectivity index (χ2v) is 7.16. The van der Waals surface area contributed by atoms with Crippen LogP contribution in [0.5, 0.6) is 5.75 Å². The van der Waals surface area contributed by atoms with Crippen molar-refractivity contribution in [2.24, 2.45) is 5.92 Å². The van der Waals surface area contributed by atoms with Crippen LogP contribution in [0.4, 0.5) is 5.69 Å². The van der Waals surface area contributed by atoms with Crippen molar-refractivity contribution < 1.29 is 44.2 Å². The van der Waals surface area contributed by atoms with Gasteiger partial charge in [0.2, 0.25) is 0 Å². The molecule has 0 unspecified atom stereocenters. The van der Waals surface area contributed by atoms with E-state index >= 15 is 0 Å². The average molecular weight is 382 g/mol. The van der Waals surface area contributed by atoms with Gasteiger partial charge in [-0.15, -0.1) is 0 Å². The van der Waals surface area contributed by atoms with Crippen LogP contribution in [-0.2, 0) is 13.0 Å². The quantitative estimate of drug-likeness (QED) is 0.676. The van der Waals surface area contributed by atoms with E-state index in [9.17, 15) is 9.90 Å². The van der Waals surface area contributed by atoms with Crippen LogP contribution in [0, 0.1) is 5.92 Å². The van der Waals surface area contributed by atoms with Crippen molar-refractivity contribution in [3.05, 3.63) is 58.1 Å². The molecule has 0 N–H and O–H groups in total. The maximum absolute atomic E-state index is 11.3. The minimum Gasteiger partial charge on any atom is -0.545 e. The Morgan fingerprint density at radius 1 is 1.31 bits per heavy atom. The van der Waals surface area contributed by atoms with Crippen LogP contribution in [0.2, 0.25) is 5.02 Å². The Labute approximate surface area is 181 Å². The number of carbonyl (C=O) groups excluding carboxylic acids is 1. The standard InChI is InChI=1S/C20H22ClNO3.Na/c1-13(2)12-25-19-7-6-15(21)10-14(19)11-22-9-8-16-17(20(23)24)4-3-5-18(16)22;/h3-7,10,13H,8-9,11-12H2,1-2H3,(H,23,24);/q;+1/p-1. The van der Waals surface area contributed by atoms with Crippen molar-refractivity contribution in [1.82, 2.24) is 0 Å². The summed E-state index contributed by atoms with van der Waals surface area (Å²) in [5.74, 6) is 0.131. The number of rotatable bonds is 6. The van der Waals surface area contributed by atoms with E-state index in [2.05, 4.69) is 18.7 Å². The fourth-order valence-electron chi connectivity index (χ4n) is 3.13. The van der Waals surface area contributed by atoms with Gasteiger partial charge in [0.15, 0.2) is 0 Å². The van der Waals surface area contributed by atoms with E-state index in [0.717, 1.165) is 29.1 Å². The van der Waals surface area contributed by atoms with Crippen molar-refractivity contribution in [2.75, 3.05) is 18.1 Å². The number of halogens is 1. The first kappa shape index (κ1) is 21.1. The van der Waals surface area contributed by atoms with Gasteiger partial charge in [0.25, 0.3) is 0 Å². The van der Waals surface area contributed by atoms with Crippen LogP contribution >= 0.6 is 11.6 Å². The van der Waals surface area contributed by atoms with Gasteiger partial charge in [-0.2, -0.15) is 0 Å². The molecular formula is C20H21ClNNaO3. The Bertz CT molecular complexity index is 795. The van der Waals surface area contributed by atoms with Gasteiger partial charge in [0.1, 0.15) is 5.75 Å². The van der Waals surface area contributed by atoms with Crippen LogP contribution in [0.25, 0.3) is 0 Å². The molecule has 2 aromatic rings. The number of fused-ring (bicyclic) bond motifs is 1. The number of carbonyl (C=O) groups is 1. The molecule has 1 heterocycles. The first-order chi connectivity index (χ1) is 12.0. The van der Waals surface area contributed by atoms with Gasteiger partial charge >= 0.3 is 29.6 Å². The molecule has 0 spiro atoms. The summed E-state index contributed by atoms with van der Waals surface area (Å²) < 4.78 is 5.92. The molecule has 0 saturated heterocycles.